The van der Waals surface area contributed by atoms with Crippen LogP contribution >= 0.6 is 11.8 Å². The molecule has 0 radical (unpaired) electrons. The third-order valence-electron chi connectivity index (χ3n) is 2.92. The molecule has 1 aromatic rings. The second-order valence-electron chi connectivity index (χ2n) is 4.54. The quantitative estimate of drug-likeness (QED) is 0.368. The van der Waals surface area contributed by atoms with Crippen LogP contribution in [-0.2, 0) is 0 Å². The van der Waals surface area contributed by atoms with Gasteiger partial charge in [-0.2, -0.15) is 11.8 Å². The summed E-state index contributed by atoms with van der Waals surface area (Å²) >= 11 is 1.86. The van der Waals surface area contributed by atoms with Gasteiger partial charge in [-0.25, -0.2) is 9.97 Å². The van der Waals surface area contributed by atoms with Gasteiger partial charge in [-0.1, -0.05) is 12.8 Å². The molecule has 0 aliphatic heterocycles. The van der Waals surface area contributed by atoms with Gasteiger partial charge in [-0.15, -0.1) is 0 Å². The number of nitro groups is 1. The summed E-state index contributed by atoms with van der Waals surface area (Å²) in [5.74, 6) is 1.74. The van der Waals surface area contributed by atoms with Crippen LogP contribution in [0.4, 0.5) is 17.3 Å². The van der Waals surface area contributed by atoms with Crippen molar-refractivity contribution < 1.29 is 4.92 Å². The maximum Gasteiger partial charge on any atom is 0.353 e. The van der Waals surface area contributed by atoms with Gasteiger partial charge < -0.3 is 10.6 Å². The molecule has 0 spiro atoms. The lowest BCUT2D eigenvalue weighted by Crippen LogP contribution is -2.10. The molecule has 2 N–H and O–H groups in total. The van der Waals surface area contributed by atoms with E-state index in [-0.39, 0.29) is 17.3 Å². The van der Waals surface area contributed by atoms with E-state index in [4.69, 9.17) is 0 Å². The van der Waals surface area contributed by atoms with E-state index in [1.807, 2.05) is 18.7 Å². The largest absolute Gasteiger partial charge is 0.364 e. The minimum absolute atomic E-state index is 0.0817. The molecule has 1 rings (SSSR count). The van der Waals surface area contributed by atoms with E-state index in [0.29, 0.717) is 13.1 Å². The normalized spacial score (nSPS) is 10.4. The zero-order chi connectivity index (χ0) is 15.5. The van der Waals surface area contributed by atoms with E-state index >= 15 is 0 Å². The van der Waals surface area contributed by atoms with E-state index in [1.54, 1.807) is 0 Å². The molecule has 0 aliphatic carbocycles. The van der Waals surface area contributed by atoms with Crippen molar-refractivity contribution in [2.24, 2.45) is 0 Å². The number of nitrogens with one attached hydrogen (secondary N) is 2. The van der Waals surface area contributed by atoms with Gasteiger partial charge in [0.25, 0.3) is 0 Å². The fourth-order valence-corrected chi connectivity index (χ4v) is 2.40. The van der Waals surface area contributed by atoms with Crippen LogP contribution in [0.5, 0.6) is 0 Å². The van der Waals surface area contributed by atoms with Gasteiger partial charge in [0, 0.05) is 13.1 Å². The first-order valence-corrected chi connectivity index (χ1v) is 8.56. The molecule has 0 aliphatic rings. The number of hydrogen-bond acceptors (Lipinski definition) is 7. The molecule has 118 valence electrons. The second-order valence-corrected chi connectivity index (χ2v) is 5.53. The van der Waals surface area contributed by atoms with Gasteiger partial charge in [0.2, 0.25) is 11.6 Å². The van der Waals surface area contributed by atoms with E-state index in [2.05, 4.69) is 26.9 Å². The van der Waals surface area contributed by atoms with Crippen molar-refractivity contribution in [3.8, 4) is 0 Å². The third kappa shape index (κ3) is 6.16. The van der Waals surface area contributed by atoms with Gasteiger partial charge in [0.15, 0.2) is 0 Å². The number of thioether (sulfide) groups is 1. The first-order valence-electron chi connectivity index (χ1n) is 7.16. The molecule has 0 fully saturated rings. The molecular weight excluding hydrogens is 290 g/mol. The van der Waals surface area contributed by atoms with Gasteiger partial charge in [-0.3, -0.25) is 10.1 Å². The molecule has 0 aromatic carbocycles. The average molecular weight is 313 g/mol. The van der Waals surface area contributed by atoms with Gasteiger partial charge >= 0.3 is 5.69 Å². The van der Waals surface area contributed by atoms with E-state index in [9.17, 15) is 10.1 Å². The number of unbranched alkanes of at least 4 members (excludes halogenated alkanes) is 3. The number of hydrogen-bond donors (Lipinski definition) is 2. The Morgan fingerprint density at radius 3 is 2.48 bits per heavy atom. The summed E-state index contributed by atoms with van der Waals surface area (Å²) in [6.45, 7) is 3.13. The van der Waals surface area contributed by atoms with Crippen molar-refractivity contribution in [2.45, 2.75) is 32.6 Å². The first kappa shape index (κ1) is 17.5. The maximum absolute atomic E-state index is 11.2. The Morgan fingerprint density at radius 1 is 1.19 bits per heavy atom. The highest BCUT2D eigenvalue weighted by atomic mass is 32.2. The fourth-order valence-electron chi connectivity index (χ4n) is 1.91. The van der Waals surface area contributed by atoms with Gasteiger partial charge in [0.05, 0.1) is 4.92 Å². The Hall–Kier alpha value is -1.57. The van der Waals surface area contributed by atoms with E-state index < -0.39 is 4.92 Å². The minimum Gasteiger partial charge on any atom is -0.364 e. The van der Waals surface area contributed by atoms with Crippen molar-refractivity contribution in [3.63, 3.8) is 0 Å². The lowest BCUT2D eigenvalue weighted by Gasteiger charge is -2.08. The summed E-state index contributed by atoms with van der Waals surface area (Å²) < 4.78 is 0. The summed E-state index contributed by atoms with van der Waals surface area (Å²) in [7, 11) is 0. The highest BCUT2D eigenvalue weighted by Gasteiger charge is 2.21. The molecule has 0 saturated heterocycles. The summed E-state index contributed by atoms with van der Waals surface area (Å²) in [5, 5.41) is 17.1. The van der Waals surface area contributed by atoms with Crippen molar-refractivity contribution >= 4 is 29.1 Å². The molecule has 0 unspecified atom stereocenters. The lowest BCUT2D eigenvalue weighted by atomic mass is 10.2. The van der Waals surface area contributed by atoms with Crippen LogP contribution in [-0.4, -0.2) is 40.0 Å². The Bertz CT molecular complexity index is 445. The van der Waals surface area contributed by atoms with E-state index in [0.717, 1.165) is 12.8 Å². The third-order valence-corrected chi connectivity index (χ3v) is 3.61. The Morgan fingerprint density at radius 2 is 1.86 bits per heavy atom. The highest BCUT2D eigenvalue weighted by molar-refractivity contribution is 7.98. The molecule has 1 heterocycles. The standard InChI is InChI=1S/C13H23N5O2S/c1-3-14-12-11(18(19)20)13(17-10-16-12)15-8-6-4-5-7-9-21-2/h10H,3-9H2,1-2H3,(H2,14,15,16,17). The van der Waals surface area contributed by atoms with Crippen LogP contribution in [0.25, 0.3) is 0 Å². The number of nitrogens with zero attached hydrogens (tertiary/aromatic N) is 3. The molecule has 0 atom stereocenters. The molecule has 1 aromatic heterocycles. The van der Waals surface area contributed by atoms with Crippen LogP contribution in [0, 0.1) is 10.1 Å². The first-order chi connectivity index (χ1) is 10.2. The SMILES string of the molecule is CCNc1ncnc(NCCCCCCSC)c1[N+](=O)[O-]. The van der Waals surface area contributed by atoms with Crippen molar-refractivity contribution in [1.29, 1.82) is 0 Å². The smallest absolute Gasteiger partial charge is 0.353 e. The molecule has 8 heteroatoms. The summed E-state index contributed by atoms with van der Waals surface area (Å²) in [6.07, 6.45) is 7.96. The molecule has 21 heavy (non-hydrogen) atoms. The maximum atomic E-state index is 11.2. The molecule has 0 amide bonds. The monoisotopic (exact) mass is 313 g/mol. The fraction of sp³-hybridized carbons (Fsp3) is 0.692. The molecule has 7 nitrogen and oxygen atoms in total. The molecular formula is C13H23N5O2S. The lowest BCUT2D eigenvalue weighted by molar-refractivity contribution is -0.383. The molecule has 0 saturated carbocycles. The minimum atomic E-state index is -0.446. The van der Waals surface area contributed by atoms with Crippen molar-refractivity contribution in [3.05, 3.63) is 16.4 Å². The summed E-state index contributed by atoms with van der Waals surface area (Å²) in [6, 6.07) is 0. The number of rotatable bonds is 11. The number of anilines is 2. The zero-order valence-electron chi connectivity index (χ0n) is 12.6. The Kier molecular flexibility index (Phi) is 8.49. The van der Waals surface area contributed by atoms with Crippen molar-refractivity contribution in [2.75, 3.05) is 35.7 Å². The molecule has 0 bridgehead atoms. The van der Waals surface area contributed by atoms with Crippen LogP contribution in [0.3, 0.4) is 0 Å². The second kappa shape index (κ2) is 10.2. The van der Waals surface area contributed by atoms with Gasteiger partial charge in [0.1, 0.15) is 6.33 Å². The van der Waals surface area contributed by atoms with Crippen LogP contribution in [0.1, 0.15) is 32.6 Å². The van der Waals surface area contributed by atoms with Crippen LogP contribution in [0.15, 0.2) is 6.33 Å². The average Bonchev–Trinajstić information content (AvgIpc) is 2.46. The predicted octanol–water partition coefficient (Wildman–Crippen LogP) is 3.15. The summed E-state index contributed by atoms with van der Waals surface area (Å²) in [5.41, 5.74) is -0.0817. The topological polar surface area (TPSA) is 93.0 Å². The number of aromatic nitrogens is 2. The Balaban J connectivity index is 2.50. The van der Waals surface area contributed by atoms with Crippen LogP contribution in [0.2, 0.25) is 0 Å². The van der Waals surface area contributed by atoms with Crippen molar-refractivity contribution in [1.82, 2.24) is 9.97 Å². The Labute approximate surface area is 129 Å². The highest BCUT2D eigenvalue weighted by Crippen LogP contribution is 2.28. The van der Waals surface area contributed by atoms with Crippen LogP contribution < -0.4 is 10.6 Å². The predicted molar refractivity (Wildman–Crippen MR) is 88.2 cm³/mol. The summed E-state index contributed by atoms with van der Waals surface area (Å²) in [4.78, 5) is 18.6. The van der Waals surface area contributed by atoms with Gasteiger partial charge in [-0.05, 0) is 31.8 Å². The van der Waals surface area contributed by atoms with E-state index in [1.165, 1.54) is 24.9 Å². The zero-order valence-corrected chi connectivity index (χ0v) is 13.4.